The second-order valence-corrected chi connectivity index (χ2v) is 6.56. The summed E-state index contributed by atoms with van der Waals surface area (Å²) in [7, 11) is 0. The molecule has 1 aliphatic heterocycles. The van der Waals surface area contributed by atoms with E-state index in [1.807, 2.05) is 54.8 Å². The number of hydrogen-bond donors (Lipinski definition) is 0. The van der Waals surface area contributed by atoms with Crippen LogP contribution in [0, 0.1) is 0 Å². The Morgan fingerprint density at radius 3 is 2.76 bits per heavy atom. The minimum atomic E-state index is -0.255. The lowest BCUT2D eigenvalue weighted by atomic mass is 9.75. The van der Waals surface area contributed by atoms with E-state index in [0.717, 1.165) is 35.4 Å². The van der Waals surface area contributed by atoms with Crippen LogP contribution in [-0.4, -0.2) is 12.0 Å². The first-order valence-corrected chi connectivity index (χ1v) is 8.60. The Bertz CT molecular complexity index is 795. The van der Waals surface area contributed by atoms with Crippen molar-refractivity contribution in [2.75, 3.05) is 0 Å². The molecule has 3 heteroatoms. The van der Waals surface area contributed by atoms with Crippen LogP contribution in [0.25, 0.3) is 0 Å². The Balaban J connectivity index is 1.82. The highest BCUT2D eigenvalue weighted by Gasteiger charge is 2.35. The fourth-order valence-corrected chi connectivity index (χ4v) is 3.24. The molecule has 1 atom stereocenters. The zero-order chi connectivity index (χ0) is 17.7. The average molecular weight is 333 g/mol. The molecule has 3 rings (SSSR count). The van der Waals surface area contributed by atoms with E-state index in [9.17, 15) is 4.79 Å². The van der Waals surface area contributed by atoms with Crippen LogP contribution in [0.4, 0.5) is 5.69 Å². The first kappa shape index (κ1) is 17.2. The Morgan fingerprint density at radius 1 is 1.24 bits per heavy atom. The number of nitrogens with zero attached hydrogens (tertiary/aromatic N) is 1. The molecule has 0 bridgehead atoms. The molecule has 1 heterocycles. The third-order valence-corrected chi connectivity index (χ3v) is 4.64. The number of fused-ring (bicyclic) bond motifs is 1. The van der Waals surface area contributed by atoms with Crippen molar-refractivity contribution < 1.29 is 9.53 Å². The van der Waals surface area contributed by atoms with Gasteiger partial charge in [0.1, 0.15) is 18.1 Å². The van der Waals surface area contributed by atoms with Gasteiger partial charge in [0.15, 0.2) is 0 Å². The molecule has 25 heavy (non-hydrogen) atoms. The first-order valence-electron chi connectivity index (χ1n) is 8.60. The van der Waals surface area contributed by atoms with Crippen molar-refractivity contribution in [1.29, 1.82) is 0 Å². The summed E-state index contributed by atoms with van der Waals surface area (Å²) in [5.41, 5.74) is 2.96. The third-order valence-electron chi connectivity index (χ3n) is 4.64. The number of carbonyl (C=O) groups is 1. The molecule has 2 aromatic carbocycles. The van der Waals surface area contributed by atoms with E-state index in [1.165, 1.54) is 0 Å². The van der Waals surface area contributed by atoms with Gasteiger partial charge in [-0.25, -0.2) is 0 Å². The number of ether oxygens (including phenoxy) is 1. The maximum Gasteiger partial charge on any atom is 0.129 e. The van der Waals surface area contributed by atoms with Crippen molar-refractivity contribution in [3.05, 3.63) is 72.3 Å². The molecule has 128 valence electrons. The van der Waals surface area contributed by atoms with E-state index in [1.54, 1.807) is 6.92 Å². The predicted molar refractivity (Wildman–Crippen MR) is 102 cm³/mol. The van der Waals surface area contributed by atoms with Gasteiger partial charge < -0.3 is 9.53 Å². The van der Waals surface area contributed by atoms with Gasteiger partial charge in [-0.15, -0.1) is 6.58 Å². The molecule has 0 radical (unpaired) electrons. The van der Waals surface area contributed by atoms with Crippen LogP contribution in [-0.2, 0) is 16.8 Å². The number of hydrogen-bond acceptors (Lipinski definition) is 3. The van der Waals surface area contributed by atoms with Crippen molar-refractivity contribution in [3.63, 3.8) is 0 Å². The van der Waals surface area contributed by atoms with Gasteiger partial charge in [-0.05, 0) is 49.1 Å². The van der Waals surface area contributed by atoms with Crippen molar-refractivity contribution in [2.24, 2.45) is 4.99 Å². The summed E-state index contributed by atoms with van der Waals surface area (Å²) in [5, 5.41) is 0. The lowest BCUT2D eigenvalue weighted by molar-refractivity contribution is -0.117. The number of aliphatic imine (C=N–C) groups is 1. The van der Waals surface area contributed by atoms with E-state index in [-0.39, 0.29) is 11.2 Å². The highest BCUT2D eigenvalue weighted by atomic mass is 16.5. The Labute approximate surface area is 149 Å². The van der Waals surface area contributed by atoms with Crippen LogP contribution in [0.1, 0.15) is 37.3 Å². The molecule has 1 aliphatic rings. The van der Waals surface area contributed by atoms with E-state index in [0.29, 0.717) is 13.0 Å². The number of carbonyl (C=O) groups excluding carboxylic acids is 1. The number of ketones is 1. The van der Waals surface area contributed by atoms with Crippen LogP contribution in [0.2, 0.25) is 0 Å². The lowest BCUT2D eigenvalue weighted by Gasteiger charge is -2.26. The van der Waals surface area contributed by atoms with E-state index in [2.05, 4.69) is 17.6 Å². The van der Waals surface area contributed by atoms with Crippen LogP contribution >= 0.6 is 0 Å². The first-order chi connectivity index (χ1) is 12.1. The van der Waals surface area contributed by atoms with Crippen LogP contribution in [0.15, 0.2) is 66.2 Å². The van der Waals surface area contributed by atoms with Crippen LogP contribution < -0.4 is 4.74 Å². The molecular formula is C22H23NO2. The van der Waals surface area contributed by atoms with Crippen molar-refractivity contribution in [1.82, 2.24) is 0 Å². The summed E-state index contributed by atoms with van der Waals surface area (Å²) < 4.78 is 5.97. The SMILES string of the molecule is C=CC[C@]1(CCC(C)=O)C=Nc2ccc(OCc3ccccc3)cc21. The minimum Gasteiger partial charge on any atom is -0.489 e. The van der Waals surface area contributed by atoms with Gasteiger partial charge in [0.2, 0.25) is 0 Å². The highest BCUT2D eigenvalue weighted by Crippen LogP contribution is 2.44. The molecule has 0 N–H and O–H groups in total. The molecule has 0 unspecified atom stereocenters. The topological polar surface area (TPSA) is 38.7 Å². The summed E-state index contributed by atoms with van der Waals surface area (Å²) in [5.74, 6) is 1.02. The fraction of sp³-hybridized carbons (Fsp3) is 0.273. The van der Waals surface area contributed by atoms with Crippen LogP contribution in [0.5, 0.6) is 5.75 Å². The summed E-state index contributed by atoms with van der Waals surface area (Å²) in [6.07, 6.45) is 5.92. The molecule has 0 saturated carbocycles. The van der Waals surface area contributed by atoms with Crippen LogP contribution in [0.3, 0.4) is 0 Å². The zero-order valence-corrected chi connectivity index (χ0v) is 14.6. The van der Waals surface area contributed by atoms with Crippen molar-refractivity contribution in [2.45, 2.75) is 38.2 Å². The van der Waals surface area contributed by atoms with E-state index in [4.69, 9.17) is 4.74 Å². The second-order valence-electron chi connectivity index (χ2n) is 6.56. The van der Waals surface area contributed by atoms with Gasteiger partial charge >= 0.3 is 0 Å². The van der Waals surface area contributed by atoms with Crippen molar-refractivity contribution >= 4 is 17.7 Å². The van der Waals surface area contributed by atoms with Crippen molar-refractivity contribution in [3.8, 4) is 5.75 Å². The number of rotatable bonds is 8. The van der Waals surface area contributed by atoms with Gasteiger partial charge in [-0.3, -0.25) is 4.99 Å². The normalized spacial score (nSPS) is 18.0. The standard InChI is InChI=1S/C22H23NO2/c1-3-12-22(13-11-17(2)24)16-23-21-10-9-19(14-20(21)22)25-15-18-7-5-4-6-8-18/h3-10,14,16H,1,11-13,15H2,2H3/t22-/m0/s1. The molecule has 0 fully saturated rings. The largest absolute Gasteiger partial charge is 0.489 e. The molecule has 0 amide bonds. The highest BCUT2D eigenvalue weighted by molar-refractivity contribution is 5.87. The lowest BCUT2D eigenvalue weighted by Crippen LogP contribution is -2.25. The summed E-state index contributed by atoms with van der Waals surface area (Å²) in [4.78, 5) is 16.1. The summed E-state index contributed by atoms with van der Waals surface area (Å²) in [6.45, 7) is 6.05. The van der Waals surface area contributed by atoms with E-state index >= 15 is 0 Å². The Hall–Kier alpha value is -2.68. The zero-order valence-electron chi connectivity index (χ0n) is 14.6. The molecule has 0 spiro atoms. The maximum absolute atomic E-state index is 11.5. The Morgan fingerprint density at radius 2 is 2.04 bits per heavy atom. The number of benzene rings is 2. The predicted octanol–water partition coefficient (Wildman–Crippen LogP) is 5.16. The smallest absolute Gasteiger partial charge is 0.129 e. The van der Waals surface area contributed by atoms with Gasteiger partial charge in [-0.1, -0.05) is 36.4 Å². The fourth-order valence-electron chi connectivity index (χ4n) is 3.24. The third kappa shape index (κ3) is 3.87. The molecule has 0 aromatic heterocycles. The number of allylic oxidation sites excluding steroid dienone is 1. The molecule has 0 saturated heterocycles. The molecule has 3 nitrogen and oxygen atoms in total. The Kier molecular flexibility index (Phi) is 5.13. The van der Waals surface area contributed by atoms with Gasteiger partial charge in [0, 0.05) is 18.1 Å². The monoisotopic (exact) mass is 333 g/mol. The molecule has 0 aliphatic carbocycles. The van der Waals surface area contributed by atoms with Gasteiger partial charge in [-0.2, -0.15) is 0 Å². The summed E-state index contributed by atoms with van der Waals surface area (Å²) in [6, 6.07) is 16.1. The van der Waals surface area contributed by atoms with Gasteiger partial charge in [0.25, 0.3) is 0 Å². The maximum atomic E-state index is 11.5. The molecule has 2 aromatic rings. The van der Waals surface area contributed by atoms with E-state index < -0.39 is 0 Å². The molecular weight excluding hydrogens is 310 g/mol. The van der Waals surface area contributed by atoms with Gasteiger partial charge in [0.05, 0.1) is 5.69 Å². The minimum absolute atomic E-state index is 0.196. The summed E-state index contributed by atoms with van der Waals surface area (Å²) >= 11 is 0. The average Bonchev–Trinajstić information content (AvgIpc) is 2.98. The number of Topliss-reactive ketones (excluding diaryl/α,β-unsaturated/α-hetero) is 1. The second kappa shape index (κ2) is 7.47. The quantitative estimate of drug-likeness (QED) is 0.626.